The van der Waals surface area contributed by atoms with Crippen LogP contribution >= 0.6 is 11.3 Å². The van der Waals surface area contributed by atoms with Gasteiger partial charge < -0.3 is 5.11 Å². The van der Waals surface area contributed by atoms with E-state index in [2.05, 4.69) is 0 Å². The molecule has 0 aliphatic rings. The van der Waals surface area contributed by atoms with Gasteiger partial charge in [-0.1, -0.05) is 19.9 Å². The first-order valence-corrected chi connectivity index (χ1v) is 5.32. The Bertz CT molecular complexity index is 273. The minimum atomic E-state index is -0.708. The van der Waals surface area contributed by atoms with Gasteiger partial charge >= 0.3 is 5.97 Å². The van der Waals surface area contributed by atoms with Gasteiger partial charge in [-0.3, -0.25) is 4.79 Å². The molecular weight excluding hydrogens is 184 g/mol. The van der Waals surface area contributed by atoms with E-state index in [0.29, 0.717) is 12.8 Å². The largest absolute Gasteiger partial charge is 0.481 e. The molecule has 1 N–H and O–H groups in total. The first-order valence-electron chi connectivity index (χ1n) is 4.44. The van der Waals surface area contributed by atoms with Gasteiger partial charge in [0.05, 0.1) is 0 Å². The maximum atomic E-state index is 11.2. The number of carbonyl (C=O) groups is 1. The number of hydrogen-bond donors (Lipinski definition) is 1. The Morgan fingerprint density at radius 1 is 1.54 bits per heavy atom. The average Bonchev–Trinajstić information content (AvgIpc) is 2.60. The van der Waals surface area contributed by atoms with Crippen molar-refractivity contribution in [2.24, 2.45) is 0 Å². The average molecular weight is 198 g/mol. The molecule has 0 radical (unpaired) electrons. The molecule has 1 aromatic heterocycles. The summed E-state index contributed by atoms with van der Waals surface area (Å²) in [6.07, 6.45) is 1.30. The summed E-state index contributed by atoms with van der Waals surface area (Å²) in [6, 6.07) is 3.81. The van der Waals surface area contributed by atoms with Crippen molar-refractivity contribution < 1.29 is 9.90 Å². The van der Waals surface area contributed by atoms with Crippen LogP contribution in [0, 0.1) is 0 Å². The van der Waals surface area contributed by atoms with Crippen LogP contribution in [0.3, 0.4) is 0 Å². The monoisotopic (exact) mass is 198 g/mol. The molecule has 3 heteroatoms. The molecule has 13 heavy (non-hydrogen) atoms. The number of carboxylic acids is 1. The van der Waals surface area contributed by atoms with E-state index < -0.39 is 11.4 Å². The third-order valence-electron chi connectivity index (χ3n) is 2.61. The highest BCUT2D eigenvalue weighted by atomic mass is 32.1. The normalized spacial score (nSPS) is 11.5. The minimum absolute atomic E-state index is 0.652. The van der Waals surface area contributed by atoms with Crippen LogP contribution in [-0.2, 0) is 10.2 Å². The van der Waals surface area contributed by atoms with Crippen molar-refractivity contribution in [2.75, 3.05) is 0 Å². The second kappa shape index (κ2) is 3.92. The van der Waals surface area contributed by atoms with E-state index in [9.17, 15) is 9.90 Å². The quantitative estimate of drug-likeness (QED) is 0.807. The van der Waals surface area contributed by atoms with Crippen molar-refractivity contribution in [3.05, 3.63) is 22.4 Å². The molecule has 0 amide bonds. The second-order valence-corrected chi connectivity index (χ2v) is 4.02. The lowest BCUT2D eigenvalue weighted by atomic mass is 9.81. The number of carboxylic acid groups (broad SMARTS) is 1. The first-order chi connectivity index (χ1) is 6.17. The van der Waals surface area contributed by atoms with E-state index in [-0.39, 0.29) is 0 Å². The zero-order valence-corrected chi connectivity index (χ0v) is 8.73. The summed E-state index contributed by atoms with van der Waals surface area (Å²) in [6.45, 7) is 3.86. The van der Waals surface area contributed by atoms with E-state index in [1.165, 1.54) is 11.3 Å². The number of hydrogen-bond acceptors (Lipinski definition) is 2. The van der Waals surface area contributed by atoms with Crippen LogP contribution < -0.4 is 0 Å². The van der Waals surface area contributed by atoms with Crippen LogP contribution in [0.4, 0.5) is 0 Å². The lowest BCUT2D eigenvalue weighted by molar-refractivity contribution is -0.144. The number of thiophene rings is 1. The highest BCUT2D eigenvalue weighted by molar-refractivity contribution is 7.10. The topological polar surface area (TPSA) is 37.3 Å². The molecule has 0 unspecified atom stereocenters. The Balaban J connectivity index is 3.11. The summed E-state index contributed by atoms with van der Waals surface area (Å²) in [5, 5.41) is 11.1. The molecule has 1 heterocycles. The van der Waals surface area contributed by atoms with Crippen LogP contribution in [0.2, 0.25) is 0 Å². The lowest BCUT2D eigenvalue weighted by Gasteiger charge is -2.25. The van der Waals surface area contributed by atoms with Gasteiger partial charge in [0.2, 0.25) is 0 Å². The zero-order valence-electron chi connectivity index (χ0n) is 7.91. The zero-order chi connectivity index (χ0) is 9.90. The van der Waals surface area contributed by atoms with Gasteiger partial charge in [-0.2, -0.15) is 0 Å². The smallest absolute Gasteiger partial charge is 0.314 e. The van der Waals surface area contributed by atoms with E-state index in [1.54, 1.807) is 0 Å². The Morgan fingerprint density at radius 3 is 2.46 bits per heavy atom. The fourth-order valence-electron chi connectivity index (χ4n) is 1.56. The molecule has 0 aromatic carbocycles. The molecule has 0 atom stereocenters. The summed E-state index contributed by atoms with van der Waals surface area (Å²) in [7, 11) is 0. The van der Waals surface area contributed by atoms with Gasteiger partial charge in [0, 0.05) is 4.88 Å². The van der Waals surface area contributed by atoms with Crippen molar-refractivity contribution in [3.63, 3.8) is 0 Å². The second-order valence-electron chi connectivity index (χ2n) is 3.07. The first kappa shape index (κ1) is 10.3. The Labute approximate surface area is 82.2 Å². The van der Waals surface area contributed by atoms with Gasteiger partial charge in [-0.25, -0.2) is 0 Å². The molecule has 0 spiro atoms. The molecule has 1 aromatic rings. The van der Waals surface area contributed by atoms with Crippen molar-refractivity contribution in [1.29, 1.82) is 0 Å². The van der Waals surface area contributed by atoms with Crippen molar-refractivity contribution in [1.82, 2.24) is 0 Å². The van der Waals surface area contributed by atoms with E-state index in [1.807, 2.05) is 31.4 Å². The highest BCUT2D eigenvalue weighted by Gasteiger charge is 2.37. The van der Waals surface area contributed by atoms with Crippen LogP contribution in [0.1, 0.15) is 31.6 Å². The van der Waals surface area contributed by atoms with Crippen molar-refractivity contribution >= 4 is 17.3 Å². The number of rotatable bonds is 4. The van der Waals surface area contributed by atoms with Crippen LogP contribution in [0.25, 0.3) is 0 Å². The van der Waals surface area contributed by atoms with Crippen LogP contribution in [0.15, 0.2) is 17.5 Å². The molecule has 1 rings (SSSR count). The Morgan fingerprint density at radius 2 is 2.15 bits per heavy atom. The van der Waals surface area contributed by atoms with Gasteiger partial charge in [-0.15, -0.1) is 11.3 Å². The predicted molar refractivity (Wildman–Crippen MR) is 54.2 cm³/mol. The Hall–Kier alpha value is -0.830. The summed E-state index contributed by atoms with van der Waals surface area (Å²) < 4.78 is 0. The molecule has 0 aliphatic carbocycles. The summed E-state index contributed by atoms with van der Waals surface area (Å²) >= 11 is 1.53. The Kier molecular flexibility index (Phi) is 3.09. The maximum absolute atomic E-state index is 11.2. The summed E-state index contributed by atoms with van der Waals surface area (Å²) in [5.41, 5.74) is -0.659. The van der Waals surface area contributed by atoms with Crippen LogP contribution in [-0.4, -0.2) is 11.1 Å². The third kappa shape index (κ3) is 1.61. The molecule has 0 saturated carbocycles. The maximum Gasteiger partial charge on any atom is 0.314 e. The molecular formula is C10H14O2S. The standard InChI is InChI=1S/C10H14O2S/c1-3-10(4-2,9(11)12)8-6-5-7-13-8/h5-7H,3-4H2,1-2H3,(H,11,12). The van der Waals surface area contributed by atoms with E-state index in [4.69, 9.17) is 0 Å². The number of aliphatic carboxylic acids is 1. The molecule has 0 fully saturated rings. The van der Waals surface area contributed by atoms with Crippen molar-refractivity contribution in [3.8, 4) is 0 Å². The molecule has 0 bridgehead atoms. The van der Waals surface area contributed by atoms with E-state index >= 15 is 0 Å². The van der Waals surface area contributed by atoms with Crippen LogP contribution in [0.5, 0.6) is 0 Å². The van der Waals surface area contributed by atoms with Gasteiger partial charge in [-0.05, 0) is 24.3 Å². The summed E-state index contributed by atoms with van der Waals surface area (Å²) in [5.74, 6) is -0.708. The molecule has 2 nitrogen and oxygen atoms in total. The van der Waals surface area contributed by atoms with E-state index in [0.717, 1.165) is 4.88 Å². The lowest BCUT2D eigenvalue weighted by Crippen LogP contribution is -2.33. The minimum Gasteiger partial charge on any atom is -0.481 e. The fourth-order valence-corrected chi connectivity index (χ4v) is 2.62. The van der Waals surface area contributed by atoms with Gasteiger partial charge in [0.15, 0.2) is 0 Å². The molecule has 0 aliphatic heterocycles. The molecule has 0 saturated heterocycles. The SMILES string of the molecule is CCC(CC)(C(=O)O)c1cccs1. The predicted octanol–water partition coefficient (Wildman–Crippen LogP) is 2.89. The third-order valence-corrected chi connectivity index (χ3v) is 3.68. The highest BCUT2D eigenvalue weighted by Crippen LogP contribution is 2.34. The molecule has 72 valence electrons. The van der Waals surface area contributed by atoms with Gasteiger partial charge in [0.25, 0.3) is 0 Å². The summed E-state index contributed by atoms with van der Waals surface area (Å²) in [4.78, 5) is 12.2. The van der Waals surface area contributed by atoms with Gasteiger partial charge in [0.1, 0.15) is 5.41 Å². The van der Waals surface area contributed by atoms with Crippen molar-refractivity contribution in [2.45, 2.75) is 32.1 Å². The fraction of sp³-hybridized carbons (Fsp3) is 0.500.